The number of carbonyl (C=O) groups excluding carboxylic acids is 3. The number of carbonyl (C=O) groups is 3. The van der Waals surface area contributed by atoms with Gasteiger partial charge in [-0.2, -0.15) is 0 Å². The zero-order valence-electron chi connectivity index (χ0n) is 27.2. The Morgan fingerprint density at radius 2 is 1.94 bits per heavy atom. The highest BCUT2D eigenvalue weighted by Gasteiger charge is 2.63. The first-order chi connectivity index (χ1) is 23.5. The van der Waals surface area contributed by atoms with E-state index in [1.54, 1.807) is 19.1 Å². The molecule has 3 amide bonds. The molecule has 5 atom stereocenters. The Labute approximate surface area is 294 Å². The molecule has 3 heterocycles. The quantitative estimate of drug-likeness (QED) is 0.283. The number of nitrogens with zero attached hydrogens (tertiary/aromatic N) is 2. The fourth-order valence-corrected chi connectivity index (χ4v) is 9.15. The molecular formula is C35H40ClN5O6S2. The number of aromatic nitrogens is 1. The van der Waals surface area contributed by atoms with Crippen LogP contribution in [0.3, 0.4) is 0 Å². The van der Waals surface area contributed by atoms with Gasteiger partial charge in [-0.3, -0.25) is 19.1 Å². The minimum atomic E-state index is -3.93. The molecule has 260 valence electrons. The summed E-state index contributed by atoms with van der Waals surface area (Å²) in [5.41, 5.74) is 0.0486. The second-order valence-electron chi connectivity index (χ2n) is 13.9. The number of sulfonamides is 1. The molecule has 0 bridgehead atoms. The lowest BCUT2D eigenvalue weighted by atomic mass is 10.0. The number of benzene rings is 2. The maximum absolute atomic E-state index is 14.5. The summed E-state index contributed by atoms with van der Waals surface area (Å²) < 4.78 is 34.7. The second-order valence-corrected chi connectivity index (χ2v) is 17.5. The molecule has 49 heavy (non-hydrogen) atoms. The Bertz CT molecular complexity index is 1880. The van der Waals surface area contributed by atoms with Gasteiger partial charge in [-0.25, -0.2) is 13.4 Å². The number of hydrogen-bond donors (Lipinski definition) is 3. The van der Waals surface area contributed by atoms with Crippen molar-refractivity contribution < 1.29 is 27.5 Å². The van der Waals surface area contributed by atoms with Crippen LogP contribution >= 0.6 is 22.9 Å². The molecule has 14 heteroatoms. The molecule has 0 spiro atoms. The molecule has 2 aromatic carbocycles. The molecule has 4 aliphatic rings. The monoisotopic (exact) mass is 725 g/mol. The molecule has 3 N–H and O–H groups in total. The maximum Gasteiger partial charge on any atom is 0.274 e. The Morgan fingerprint density at radius 1 is 1.12 bits per heavy atom. The van der Waals surface area contributed by atoms with Gasteiger partial charge in [0.1, 0.15) is 23.7 Å². The van der Waals surface area contributed by atoms with Crippen molar-refractivity contribution in [2.75, 3.05) is 11.9 Å². The summed E-state index contributed by atoms with van der Waals surface area (Å²) in [5.74, 6) is -1.91. The zero-order valence-corrected chi connectivity index (χ0v) is 29.6. The Kier molecular flexibility index (Phi) is 9.12. The van der Waals surface area contributed by atoms with Gasteiger partial charge in [0.05, 0.1) is 21.5 Å². The van der Waals surface area contributed by atoms with E-state index in [4.69, 9.17) is 16.3 Å². The number of ether oxygens (including phenoxy) is 1. The molecule has 3 fully saturated rings. The number of allylic oxidation sites excluding steroid dienone is 1. The molecular weight excluding hydrogens is 686 g/mol. The molecule has 0 radical (unpaired) electrons. The van der Waals surface area contributed by atoms with Gasteiger partial charge in [-0.1, -0.05) is 66.1 Å². The van der Waals surface area contributed by atoms with Crippen LogP contribution in [0.5, 0.6) is 5.19 Å². The topological polar surface area (TPSA) is 147 Å². The van der Waals surface area contributed by atoms with Crippen LogP contribution in [-0.4, -0.2) is 71.0 Å². The minimum Gasteiger partial charge on any atom is -0.465 e. The standard InChI is InChI=1S/C35H40ClN5O6S2/c1-34(16-17-34)49(45,46)40-32(44)35-20-22(35)10-5-3-2-4-6-14-27(37-24-12-9-11-23(36)18-24)31(43)41-21-25(19-28(41)30(42)39-35)47-33-38-26-13-7-8-15-29(26)48-33/h5,7-13,15,18,22,25,27-28,37H,2-4,6,14,16-17,19-21H2,1H3,(H,39,42)(H,40,44)/b10-5-/t22-,25+,27-,28-,35+/m0/s1. The van der Waals surface area contributed by atoms with E-state index in [1.165, 1.54) is 16.2 Å². The van der Waals surface area contributed by atoms with E-state index in [1.807, 2.05) is 48.6 Å². The third-order valence-electron chi connectivity index (χ3n) is 10.2. The van der Waals surface area contributed by atoms with Crippen LogP contribution in [-0.2, 0) is 24.4 Å². The Balaban J connectivity index is 1.18. The van der Waals surface area contributed by atoms with Gasteiger partial charge in [0, 0.05) is 23.0 Å². The van der Waals surface area contributed by atoms with E-state index in [9.17, 15) is 22.8 Å². The Hall–Kier alpha value is -3.68. The van der Waals surface area contributed by atoms with Gasteiger partial charge in [0.2, 0.25) is 21.8 Å². The second kappa shape index (κ2) is 13.2. The summed E-state index contributed by atoms with van der Waals surface area (Å²) in [6.07, 6.45) is 8.57. The number of amides is 3. The van der Waals surface area contributed by atoms with Crippen molar-refractivity contribution in [2.24, 2.45) is 5.92 Å². The predicted octanol–water partition coefficient (Wildman–Crippen LogP) is 5.17. The largest absolute Gasteiger partial charge is 0.465 e. The van der Waals surface area contributed by atoms with E-state index >= 15 is 0 Å². The van der Waals surface area contributed by atoms with E-state index < -0.39 is 50.3 Å². The van der Waals surface area contributed by atoms with Gasteiger partial charge >= 0.3 is 0 Å². The molecule has 2 aliphatic heterocycles. The summed E-state index contributed by atoms with van der Waals surface area (Å²) in [6.45, 7) is 1.75. The summed E-state index contributed by atoms with van der Waals surface area (Å²) in [6, 6.07) is 13.2. The van der Waals surface area contributed by atoms with Crippen LogP contribution < -0.4 is 20.1 Å². The lowest BCUT2D eigenvalue weighted by molar-refractivity contribution is -0.140. The SMILES string of the molecule is CC1(S(=O)(=O)NC(=O)[C@@]23C[C@@H]2/C=C\CCCCC[C@H](Nc2cccc(Cl)c2)C(=O)N2C[C@H](Oc4nc5ccccc5s4)C[C@H]2C(=O)N3)CC1. The summed E-state index contributed by atoms with van der Waals surface area (Å²) >= 11 is 7.66. The van der Waals surface area contributed by atoms with Crippen LogP contribution in [0, 0.1) is 5.92 Å². The van der Waals surface area contributed by atoms with Gasteiger partial charge in [0.25, 0.3) is 11.1 Å². The van der Waals surface area contributed by atoms with Crippen molar-refractivity contribution >= 4 is 66.6 Å². The van der Waals surface area contributed by atoms with Crippen molar-refractivity contribution in [1.29, 1.82) is 0 Å². The van der Waals surface area contributed by atoms with Crippen LogP contribution in [0.4, 0.5) is 5.69 Å². The Morgan fingerprint density at radius 3 is 2.71 bits per heavy atom. The van der Waals surface area contributed by atoms with Crippen molar-refractivity contribution in [3.63, 3.8) is 0 Å². The van der Waals surface area contributed by atoms with Gasteiger partial charge in [-0.15, -0.1) is 0 Å². The van der Waals surface area contributed by atoms with E-state index in [0.29, 0.717) is 35.2 Å². The highest BCUT2D eigenvalue weighted by Crippen LogP contribution is 2.47. The molecule has 1 aromatic heterocycles. The molecule has 11 nitrogen and oxygen atoms in total. The maximum atomic E-state index is 14.5. The van der Waals surface area contributed by atoms with Crippen molar-refractivity contribution in [1.82, 2.24) is 19.9 Å². The lowest BCUT2D eigenvalue weighted by Gasteiger charge is -2.30. The van der Waals surface area contributed by atoms with Gasteiger partial charge in [-0.05, 0) is 75.8 Å². The van der Waals surface area contributed by atoms with Crippen LogP contribution in [0.15, 0.2) is 60.7 Å². The first kappa shape index (κ1) is 33.8. The molecule has 7 rings (SSSR count). The number of nitrogens with one attached hydrogen (secondary N) is 3. The number of anilines is 1. The zero-order chi connectivity index (χ0) is 34.4. The van der Waals surface area contributed by atoms with E-state index in [-0.39, 0.29) is 31.2 Å². The molecule has 0 unspecified atom stereocenters. The number of hydrogen-bond acceptors (Lipinski definition) is 9. The van der Waals surface area contributed by atoms with Crippen LogP contribution in [0.1, 0.15) is 64.7 Å². The lowest BCUT2D eigenvalue weighted by Crippen LogP contribution is -2.58. The molecule has 3 aromatic rings. The third kappa shape index (κ3) is 7.02. The van der Waals surface area contributed by atoms with E-state index in [0.717, 1.165) is 35.9 Å². The van der Waals surface area contributed by atoms with Crippen molar-refractivity contribution in [2.45, 2.75) is 93.2 Å². The fraction of sp³-hybridized carbons (Fsp3) is 0.486. The average molecular weight is 726 g/mol. The summed E-state index contributed by atoms with van der Waals surface area (Å²) in [7, 11) is -3.93. The van der Waals surface area contributed by atoms with Gasteiger partial charge < -0.3 is 20.3 Å². The number of halogens is 1. The number of fused-ring (bicyclic) bond motifs is 3. The first-order valence-corrected chi connectivity index (χ1v) is 19.5. The predicted molar refractivity (Wildman–Crippen MR) is 189 cm³/mol. The van der Waals surface area contributed by atoms with Crippen molar-refractivity contribution in [3.05, 3.63) is 65.7 Å². The molecule has 1 saturated heterocycles. The van der Waals surface area contributed by atoms with Crippen LogP contribution in [0.2, 0.25) is 5.02 Å². The summed E-state index contributed by atoms with van der Waals surface area (Å²) in [4.78, 5) is 48.6. The average Bonchev–Trinajstić information content (AvgIpc) is 3.87. The minimum absolute atomic E-state index is 0.135. The summed E-state index contributed by atoms with van der Waals surface area (Å²) in [5, 5.41) is 7.27. The van der Waals surface area contributed by atoms with E-state index in [2.05, 4.69) is 20.3 Å². The van der Waals surface area contributed by atoms with Crippen molar-refractivity contribution in [3.8, 4) is 5.19 Å². The molecule has 2 saturated carbocycles. The first-order valence-electron chi connectivity index (χ1n) is 16.9. The number of para-hydroxylation sites is 1. The smallest absolute Gasteiger partial charge is 0.274 e. The fourth-order valence-electron chi connectivity index (χ4n) is 6.77. The number of rotatable bonds is 7. The normalized spacial score (nSPS) is 29.1. The van der Waals surface area contributed by atoms with Gasteiger partial charge in [0.15, 0.2) is 0 Å². The highest BCUT2D eigenvalue weighted by molar-refractivity contribution is 7.91. The third-order valence-corrected chi connectivity index (χ3v) is 13.5. The molecule has 2 aliphatic carbocycles. The number of thiazole rings is 1. The highest BCUT2D eigenvalue weighted by atomic mass is 35.5. The van der Waals surface area contributed by atoms with Crippen LogP contribution in [0.25, 0.3) is 10.2 Å².